The van der Waals surface area contributed by atoms with Gasteiger partial charge in [-0.15, -0.1) is 11.6 Å². The smallest absolute Gasteiger partial charge is 0.119 e. The van der Waals surface area contributed by atoms with E-state index in [4.69, 9.17) is 21.3 Å². The summed E-state index contributed by atoms with van der Waals surface area (Å²) in [7, 11) is 1.66. The standard InChI is InChI=1S/C18H16ClNO/c1-12-3-5-13(6-4-12)18-9-14(11-19)16-10-15(21-2)7-8-17(16)20-18/h3-10H,11H2,1-2H3. The molecule has 0 saturated heterocycles. The molecule has 0 N–H and O–H groups in total. The van der Waals surface area contributed by atoms with Crippen LogP contribution in [-0.2, 0) is 5.88 Å². The van der Waals surface area contributed by atoms with E-state index in [1.54, 1.807) is 7.11 Å². The summed E-state index contributed by atoms with van der Waals surface area (Å²) in [4.78, 5) is 4.74. The highest BCUT2D eigenvalue weighted by molar-refractivity contribution is 6.18. The number of hydrogen-bond donors (Lipinski definition) is 0. The minimum atomic E-state index is 0.449. The minimum Gasteiger partial charge on any atom is -0.497 e. The van der Waals surface area contributed by atoms with Crippen molar-refractivity contribution in [3.63, 3.8) is 0 Å². The van der Waals surface area contributed by atoms with Crippen molar-refractivity contribution in [2.75, 3.05) is 7.11 Å². The Morgan fingerprint density at radius 1 is 1.05 bits per heavy atom. The highest BCUT2D eigenvalue weighted by Crippen LogP contribution is 2.28. The van der Waals surface area contributed by atoms with Crippen LogP contribution in [0.15, 0.2) is 48.5 Å². The van der Waals surface area contributed by atoms with Gasteiger partial charge in [-0.25, -0.2) is 4.98 Å². The maximum Gasteiger partial charge on any atom is 0.119 e. The number of alkyl halides is 1. The lowest BCUT2D eigenvalue weighted by Crippen LogP contribution is -1.92. The third kappa shape index (κ3) is 2.72. The zero-order valence-corrected chi connectivity index (χ0v) is 12.8. The fourth-order valence-corrected chi connectivity index (χ4v) is 2.61. The van der Waals surface area contributed by atoms with E-state index < -0.39 is 0 Å². The van der Waals surface area contributed by atoms with Gasteiger partial charge in [-0.1, -0.05) is 29.8 Å². The van der Waals surface area contributed by atoms with Crippen LogP contribution < -0.4 is 4.74 Å². The molecule has 1 aromatic heterocycles. The van der Waals surface area contributed by atoms with Gasteiger partial charge >= 0.3 is 0 Å². The number of ether oxygens (including phenoxy) is 1. The summed E-state index contributed by atoms with van der Waals surface area (Å²) in [5.41, 5.74) is 5.29. The Labute approximate surface area is 129 Å². The number of pyridine rings is 1. The highest BCUT2D eigenvalue weighted by atomic mass is 35.5. The molecule has 0 unspecified atom stereocenters. The normalized spacial score (nSPS) is 10.8. The molecule has 0 atom stereocenters. The molecule has 106 valence electrons. The van der Waals surface area contributed by atoms with Crippen LogP contribution in [0.5, 0.6) is 5.75 Å². The lowest BCUT2D eigenvalue weighted by Gasteiger charge is -2.09. The first-order valence-electron chi connectivity index (χ1n) is 6.82. The van der Waals surface area contributed by atoms with Crippen LogP contribution in [0.25, 0.3) is 22.2 Å². The molecule has 1 heterocycles. The Balaban J connectivity index is 2.19. The summed E-state index contributed by atoms with van der Waals surface area (Å²) >= 11 is 6.12. The van der Waals surface area contributed by atoms with E-state index in [0.29, 0.717) is 5.88 Å². The SMILES string of the molecule is COc1ccc2nc(-c3ccc(C)cc3)cc(CCl)c2c1. The first kappa shape index (κ1) is 13.9. The Kier molecular flexibility index (Phi) is 3.80. The predicted molar refractivity (Wildman–Crippen MR) is 88.0 cm³/mol. The van der Waals surface area contributed by atoms with Crippen molar-refractivity contribution >= 4 is 22.5 Å². The van der Waals surface area contributed by atoms with Crippen LogP contribution in [-0.4, -0.2) is 12.1 Å². The molecule has 0 saturated carbocycles. The fourth-order valence-electron chi connectivity index (χ4n) is 2.38. The molecule has 0 radical (unpaired) electrons. The number of benzene rings is 2. The molecule has 0 bridgehead atoms. The summed E-state index contributed by atoms with van der Waals surface area (Å²) in [6.07, 6.45) is 0. The number of aromatic nitrogens is 1. The quantitative estimate of drug-likeness (QED) is 0.638. The molecular formula is C18H16ClNO. The van der Waals surface area contributed by atoms with Gasteiger partial charge in [0, 0.05) is 16.8 Å². The van der Waals surface area contributed by atoms with Crippen molar-refractivity contribution in [3.05, 3.63) is 59.7 Å². The van der Waals surface area contributed by atoms with Crippen molar-refractivity contribution in [1.82, 2.24) is 4.98 Å². The van der Waals surface area contributed by atoms with Crippen molar-refractivity contribution < 1.29 is 4.74 Å². The molecule has 0 aliphatic heterocycles. The van der Waals surface area contributed by atoms with Gasteiger partial charge in [-0.3, -0.25) is 0 Å². The van der Waals surface area contributed by atoms with Crippen LogP contribution in [0, 0.1) is 6.92 Å². The molecule has 3 aromatic rings. The Morgan fingerprint density at radius 2 is 1.81 bits per heavy atom. The molecular weight excluding hydrogens is 282 g/mol. The minimum absolute atomic E-state index is 0.449. The summed E-state index contributed by atoms with van der Waals surface area (Å²) in [6.45, 7) is 2.08. The largest absolute Gasteiger partial charge is 0.497 e. The average molecular weight is 298 g/mol. The fraction of sp³-hybridized carbons (Fsp3) is 0.167. The van der Waals surface area contributed by atoms with Gasteiger partial charge in [0.2, 0.25) is 0 Å². The summed E-state index contributed by atoms with van der Waals surface area (Å²) in [5, 5.41) is 1.04. The monoisotopic (exact) mass is 297 g/mol. The van der Waals surface area contributed by atoms with E-state index in [2.05, 4.69) is 37.3 Å². The molecule has 0 amide bonds. The lowest BCUT2D eigenvalue weighted by molar-refractivity contribution is 0.415. The molecule has 2 aromatic carbocycles. The zero-order chi connectivity index (χ0) is 14.8. The number of methoxy groups -OCH3 is 1. The van der Waals surface area contributed by atoms with Crippen molar-refractivity contribution in [2.24, 2.45) is 0 Å². The predicted octanol–water partition coefficient (Wildman–Crippen LogP) is 4.96. The van der Waals surface area contributed by atoms with Gasteiger partial charge in [0.1, 0.15) is 5.75 Å². The molecule has 0 aliphatic rings. The molecule has 21 heavy (non-hydrogen) atoms. The second kappa shape index (κ2) is 5.74. The van der Waals surface area contributed by atoms with Crippen LogP contribution in [0.2, 0.25) is 0 Å². The number of fused-ring (bicyclic) bond motifs is 1. The van der Waals surface area contributed by atoms with E-state index >= 15 is 0 Å². The van der Waals surface area contributed by atoms with E-state index in [1.165, 1.54) is 5.56 Å². The first-order valence-corrected chi connectivity index (χ1v) is 7.35. The Bertz CT molecular complexity index is 781. The number of halogens is 1. The van der Waals surface area contributed by atoms with E-state index in [-0.39, 0.29) is 0 Å². The first-order chi connectivity index (χ1) is 10.2. The van der Waals surface area contributed by atoms with Gasteiger partial charge in [-0.2, -0.15) is 0 Å². The molecule has 2 nitrogen and oxygen atoms in total. The van der Waals surface area contributed by atoms with Gasteiger partial charge in [0.15, 0.2) is 0 Å². The summed E-state index contributed by atoms with van der Waals surface area (Å²) in [5.74, 6) is 1.27. The third-order valence-corrected chi connectivity index (χ3v) is 3.88. The zero-order valence-electron chi connectivity index (χ0n) is 12.1. The van der Waals surface area contributed by atoms with Crippen molar-refractivity contribution in [1.29, 1.82) is 0 Å². The van der Waals surface area contributed by atoms with E-state index in [0.717, 1.165) is 33.5 Å². The molecule has 0 fully saturated rings. The molecule has 3 rings (SSSR count). The van der Waals surface area contributed by atoms with Gasteiger partial charge in [0.05, 0.1) is 18.3 Å². The van der Waals surface area contributed by atoms with Gasteiger partial charge in [-0.05, 0) is 36.8 Å². The Hall–Kier alpha value is -2.06. The lowest BCUT2D eigenvalue weighted by atomic mass is 10.0. The third-order valence-electron chi connectivity index (χ3n) is 3.59. The number of hydrogen-bond acceptors (Lipinski definition) is 2. The second-order valence-corrected chi connectivity index (χ2v) is 5.32. The molecule has 0 spiro atoms. The van der Waals surface area contributed by atoms with E-state index in [1.807, 2.05) is 18.2 Å². The maximum absolute atomic E-state index is 6.12. The van der Waals surface area contributed by atoms with Crippen molar-refractivity contribution in [2.45, 2.75) is 12.8 Å². The summed E-state index contributed by atoms with van der Waals surface area (Å²) in [6, 6.07) is 16.3. The number of nitrogens with zero attached hydrogens (tertiary/aromatic N) is 1. The molecule has 0 aliphatic carbocycles. The van der Waals surface area contributed by atoms with Crippen LogP contribution in [0.4, 0.5) is 0 Å². The number of rotatable bonds is 3. The van der Waals surface area contributed by atoms with Crippen LogP contribution >= 0.6 is 11.6 Å². The molecule has 3 heteroatoms. The van der Waals surface area contributed by atoms with Gasteiger partial charge in [0.25, 0.3) is 0 Å². The van der Waals surface area contributed by atoms with Crippen LogP contribution in [0.1, 0.15) is 11.1 Å². The topological polar surface area (TPSA) is 22.1 Å². The second-order valence-electron chi connectivity index (χ2n) is 5.05. The van der Waals surface area contributed by atoms with Crippen LogP contribution in [0.3, 0.4) is 0 Å². The average Bonchev–Trinajstić information content (AvgIpc) is 2.54. The van der Waals surface area contributed by atoms with E-state index in [9.17, 15) is 0 Å². The number of aryl methyl sites for hydroxylation is 1. The highest BCUT2D eigenvalue weighted by Gasteiger charge is 2.08. The van der Waals surface area contributed by atoms with Gasteiger partial charge < -0.3 is 4.74 Å². The van der Waals surface area contributed by atoms with Crippen molar-refractivity contribution in [3.8, 4) is 17.0 Å². The maximum atomic E-state index is 6.12. The Morgan fingerprint density at radius 3 is 2.48 bits per heavy atom. The summed E-state index contributed by atoms with van der Waals surface area (Å²) < 4.78 is 5.28.